The van der Waals surface area contributed by atoms with E-state index in [4.69, 9.17) is 4.84 Å². The Morgan fingerprint density at radius 3 is 2.58 bits per heavy atom. The van der Waals surface area contributed by atoms with Crippen LogP contribution in [-0.4, -0.2) is 29.7 Å². The fraction of sp³-hybridized carbons (Fsp3) is 0.318. The molecule has 2 N–H and O–H groups in total. The molecule has 1 aliphatic heterocycles. The van der Waals surface area contributed by atoms with Crippen LogP contribution in [0.3, 0.4) is 0 Å². The number of benzene rings is 2. The van der Waals surface area contributed by atoms with Crippen molar-refractivity contribution in [2.45, 2.75) is 45.1 Å². The number of oxime groups is 1. The molecule has 0 aliphatic carbocycles. The van der Waals surface area contributed by atoms with Crippen molar-refractivity contribution in [3.63, 3.8) is 0 Å². The van der Waals surface area contributed by atoms with Gasteiger partial charge < -0.3 is 15.5 Å². The molecule has 0 unspecified atom stereocenters. The summed E-state index contributed by atoms with van der Waals surface area (Å²) in [5.74, 6) is -1.02. The lowest BCUT2D eigenvalue weighted by Crippen LogP contribution is -2.48. The number of alkyl halides is 3. The minimum atomic E-state index is -4.46. The van der Waals surface area contributed by atoms with Crippen LogP contribution in [0, 0.1) is 6.92 Å². The minimum absolute atomic E-state index is 0.0937. The lowest BCUT2D eigenvalue weighted by molar-refractivity contribution is -0.137. The Balaban J connectivity index is 1.49. The SMILES string of the molecule is Cc1ccc(C2=NO[C@H](C(=O)N[C@H](C)C(=O)NCc3cccc(C(F)(F)F)c3)C2)cc1. The van der Waals surface area contributed by atoms with Crippen molar-refractivity contribution in [1.29, 1.82) is 0 Å². The third kappa shape index (κ3) is 5.84. The average molecular weight is 433 g/mol. The molecule has 31 heavy (non-hydrogen) atoms. The van der Waals surface area contributed by atoms with Gasteiger partial charge in [-0.15, -0.1) is 0 Å². The van der Waals surface area contributed by atoms with Gasteiger partial charge >= 0.3 is 6.18 Å². The van der Waals surface area contributed by atoms with Gasteiger partial charge in [-0.05, 0) is 37.1 Å². The van der Waals surface area contributed by atoms with Crippen LogP contribution < -0.4 is 10.6 Å². The Morgan fingerprint density at radius 2 is 1.90 bits per heavy atom. The highest BCUT2D eigenvalue weighted by Crippen LogP contribution is 2.29. The van der Waals surface area contributed by atoms with Gasteiger partial charge in [-0.2, -0.15) is 13.2 Å². The molecule has 2 aromatic carbocycles. The number of hydrogen-bond acceptors (Lipinski definition) is 4. The highest BCUT2D eigenvalue weighted by molar-refractivity contribution is 6.04. The maximum atomic E-state index is 12.8. The third-order valence-corrected chi connectivity index (χ3v) is 4.82. The molecule has 3 rings (SSSR count). The molecule has 0 saturated heterocycles. The van der Waals surface area contributed by atoms with E-state index in [9.17, 15) is 22.8 Å². The second-order valence-electron chi connectivity index (χ2n) is 7.35. The number of aryl methyl sites for hydroxylation is 1. The molecule has 0 spiro atoms. The summed E-state index contributed by atoms with van der Waals surface area (Å²) in [4.78, 5) is 29.9. The van der Waals surface area contributed by atoms with Crippen molar-refractivity contribution in [3.05, 3.63) is 70.8 Å². The van der Waals surface area contributed by atoms with Gasteiger partial charge in [-0.3, -0.25) is 9.59 Å². The zero-order valence-electron chi connectivity index (χ0n) is 17.0. The number of halogens is 3. The quantitative estimate of drug-likeness (QED) is 0.734. The van der Waals surface area contributed by atoms with Crippen LogP contribution in [0.25, 0.3) is 0 Å². The van der Waals surface area contributed by atoms with Crippen LogP contribution >= 0.6 is 0 Å². The summed E-state index contributed by atoms with van der Waals surface area (Å²) in [7, 11) is 0. The molecular formula is C22H22F3N3O3. The maximum absolute atomic E-state index is 12.8. The summed E-state index contributed by atoms with van der Waals surface area (Å²) in [6.45, 7) is 3.35. The van der Waals surface area contributed by atoms with Crippen molar-refractivity contribution in [2.75, 3.05) is 0 Å². The number of nitrogens with zero attached hydrogens (tertiary/aromatic N) is 1. The average Bonchev–Trinajstić information content (AvgIpc) is 3.22. The monoisotopic (exact) mass is 433 g/mol. The fourth-order valence-corrected chi connectivity index (χ4v) is 3.01. The van der Waals surface area contributed by atoms with Crippen molar-refractivity contribution < 1.29 is 27.6 Å². The molecule has 2 aromatic rings. The van der Waals surface area contributed by atoms with Crippen LogP contribution in [0.2, 0.25) is 0 Å². The van der Waals surface area contributed by atoms with Gasteiger partial charge in [0.25, 0.3) is 5.91 Å². The van der Waals surface area contributed by atoms with Gasteiger partial charge in [0.1, 0.15) is 6.04 Å². The molecule has 2 amide bonds. The zero-order chi connectivity index (χ0) is 22.6. The Labute approximate surface area is 177 Å². The normalized spacial score (nSPS) is 16.8. The van der Waals surface area contributed by atoms with Crippen LogP contribution in [-0.2, 0) is 27.1 Å². The first-order chi connectivity index (χ1) is 14.6. The molecule has 0 saturated carbocycles. The summed E-state index contributed by atoms with van der Waals surface area (Å²) in [6.07, 6.45) is -5.04. The predicted octanol–water partition coefficient (Wildman–Crippen LogP) is 3.33. The van der Waals surface area contributed by atoms with E-state index < -0.39 is 35.7 Å². The molecule has 9 heteroatoms. The van der Waals surface area contributed by atoms with Gasteiger partial charge in [0.15, 0.2) is 0 Å². The molecule has 164 valence electrons. The molecule has 0 aromatic heterocycles. The largest absolute Gasteiger partial charge is 0.416 e. The summed E-state index contributed by atoms with van der Waals surface area (Å²) >= 11 is 0. The van der Waals surface area contributed by atoms with E-state index in [0.717, 1.165) is 23.3 Å². The van der Waals surface area contributed by atoms with Crippen LogP contribution in [0.1, 0.15) is 35.6 Å². The van der Waals surface area contributed by atoms with Crippen LogP contribution in [0.5, 0.6) is 0 Å². The molecule has 2 atom stereocenters. The minimum Gasteiger partial charge on any atom is -0.382 e. The van der Waals surface area contributed by atoms with Gasteiger partial charge in [0, 0.05) is 13.0 Å². The second-order valence-corrected chi connectivity index (χ2v) is 7.35. The molecular weight excluding hydrogens is 411 g/mol. The number of rotatable bonds is 6. The first kappa shape index (κ1) is 22.3. The van der Waals surface area contributed by atoms with E-state index in [-0.39, 0.29) is 13.0 Å². The Kier molecular flexibility index (Phi) is 6.62. The summed E-state index contributed by atoms with van der Waals surface area (Å²) in [6, 6.07) is 11.4. The zero-order valence-corrected chi connectivity index (χ0v) is 17.0. The highest BCUT2D eigenvalue weighted by atomic mass is 19.4. The van der Waals surface area contributed by atoms with Crippen LogP contribution in [0.4, 0.5) is 13.2 Å². The third-order valence-electron chi connectivity index (χ3n) is 4.82. The molecule has 6 nitrogen and oxygen atoms in total. The second kappa shape index (κ2) is 9.20. The first-order valence-electron chi connectivity index (χ1n) is 9.67. The van der Waals surface area contributed by atoms with E-state index in [1.807, 2.05) is 31.2 Å². The van der Waals surface area contributed by atoms with Gasteiger partial charge in [-0.25, -0.2) is 0 Å². The summed E-state index contributed by atoms with van der Waals surface area (Å²) in [5.41, 5.74) is 2.11. The standard InChI is InChI=1S/C22H22F3N3O3/c1-13-6-8-16(9-7-13)18-11-19(31-28-18)21(30)27-14(2)20(29)26-12-15-4-3-5-17(10-15)22(23,24)25/h3-10,14,19H,11-12H2,1-2H3,(H,26,29)(H,27,30)/t14-,19+/m1/s1. The number of carbonyl (C=O) groups is 2. The lowest BCUT2D eigenvalue weighted by atomic mass is 10.0. The topological polar surface area (TPSA) is 79.8 Å². The first-order valence-corrected chi connectivity index (χ1v) is 9.67. The molecule has 1 heterocycles. The maximum Gasteiger partial charge on any atom is 0.416 e. The highest BCUT2D eigenvalue weighted by Gasteiger charge is 2.31. The van der Waals surface area contributed by atoms with Gasteiger partial charge in [0.05, 0.1) is 11.3 Å². The summed E-state index contributed by atoms with van der Waals surface area (Å²) < 4.78 is 38.4. The Bertz CT molecular complexity index is 987. The van der Waals surface area contributed by atoms with Gasteiger partial charge in [-0.1, -0.05) is 47.1 Å². The fourth-order valence-electron chi connectivity index (χ4n) is 3.01. The molecule has 1 aliphatic rings. The number of hydrogen-bond donors (Lipinski definition) is 2. The smallest absolute Gasteiger partial charge is 0.382 e. The number of amides is 2. The predicted molar refractivity (Wildman–Crippen MR) is 108 cm³/mol. The van der Waals surface area contributed by atoms with Crippen molar-refractivity contribution in [3.8, 4) is 0 Å². The van der Waals surface area contributed by atoms with Crippen molar-refractivity contribution in [2.24, 2.45) is 5.16 Å². The van der Waals surface area contributed by atoms with Crippen molar-refractivity contribution >= 4 is 17.5 Å². The lowest BCUT2D eigenvalue weighted by Gasteiger charge is -2.16. The number of carbonyl (C=O) groups excluding carboxylic acids is 2. The van der Waals surface area contributed by atoms with E-state index in [2.05, 4.69) is 15.8 Å². The Morgan fingerprint density at radius 1 is 1.19 bits per heavy atom. The number of nitrogens with one attached hydrogen (secondary N) is 2. The van der Waals surface area contributed by atoms with E-state index >= 15 is 0 Å². The van der Waals surface area contributed by atoms with Crippen LogP contribution in [0.15, 0.2) is 53.7 Å². The van der Waals surface area contributed by atoms with E-state index in [1.54, 1.807) is 0 Å². The Hall–Kier alpha value is -3.36. The molecule has 0 radical (unpaired) electrons. The summed E-state index contributed by atoms with van der Waals surface area (Å²) in [5, 5.41) is 9.03. The molecule has 0 fully saturated rings. The van der Waals surface area contributed by atoms with E-state index in [0.29, 0.717) is 11.3 Å². The van der Waals surface area contributed by atoms with E-state index in [1.165, 1.54) is 19.1 Å². The van der Waals surface area contributed by atoms with Crippen molar-refractivity contribution in [1.82, 2.24) is 10.6 Å². The van der Waals surface area contributed by atoms with Gasteiger partial charge in [0.2, 0.25) is 12.0 Å². The molecule has 0 bridgehead atoms.